The van der Waals surface area contributed by atoms with E-state index in [9.17, 15) is 4.79 Å². The first-order valence-electron chi connectivity index (χ1n) is 8.63. The molecule has 1 atom stereocenters. The largest absolute Gasteiger partial charge is 0.345 e. The normalized spacial score (nSPS) is 16.7. The van der Waals surface area contributed by atoms with Crippen molar-refractivity contribution in [2.45, 2.75) is 32.9 Å². The van der Waals surface area contributed by atoms with Gasteiger partial charge in [-0.05, 0) is 43.7 Å². The van der Waals surface area contributed by atoms with Gasteiger partial charge in [-0.2, -0.15) is 5.10 Å². The van der Waals surface area contributed by atoms with Crippen molar-refractivity contribution in [3.8, 4) is 11.4 Å². The maximum atomic E-state index is 13.1. The first-order chi connectivity index (χ1) is 12.2. The molecule has 25 heavy (non-hydrogen) atoms. The van der Waals surface area contributed by atoms with Crippen LogP contribution in [0.15, 0.2) is 42.6 Å². The van der Waals surface area contributed by atoms with E-state index >= 15 is 0 Å². The number of aryl methyl sites for hydroxylation is 1. The quantitative estimate of drug-likeness (QED) is 0.799. The summed E-state index contributed by atoms with van der Waals surface area (Å²) in [5.41, 5.74) is 4.42. The molecule has 0 radical (unpaired) electrons. The summed E-state index contributed by atoms with van der Waals surface area (Å²) in [6, 6.07) is 11.8. The Bertz CT molecular complexity index is 896. The van der Waals surface area contributed by atoms with Crippen LogP contribution in [0, 0.1) is 6.92 Å². The second kappa shape index (κ2) is 6.20. The number of carbonyl (C=O) groups excluding carboxylic acids is 1. The minimum atomic E-state index is -0.00775. The highest BCUT2D eigenvalue weighted by molar-refractivity contribution is 5.93. The van der Waals surface area contributed by atoms with E-state index in [4.69, 9.17) is 0 Å². The molecule has 0 bridgehead atoms. The van der Waals surface area contributed by atoms with Crippen molar-refractivity contribution in [2.75, 3.05) is 6.54 Å². The fraction of sp³-hybridized carbons (Fsp3) is 0.316. The van der Waals surface area contributed by atoms with Gasteiger partial charge in [0.05, 0.1) is 11.7 Å². The second-order valence-corrected chi connectivity index (χ2v) is 6.36. The van der Waals surface area contributed by atoms with Crippen LogP contribution in [-0.4, -0.2) is 37.1 Å². The number of aromatic amines is 1. The summed E-state index contributed by atoms with van der Waals surface area (Å²) in [4.78, 5) is 19.3. The Morgan fingerprint density at radius 1 is 1.24 bits per heavy atom. The van der Waals surface area contributed by atoms with Crippen LogP contribution in [0.1, 0.15) is 41.3 Å². The Kier molecular flexibility index (Phi) is 3.87. The van der Waals surface area contributed by atoms with Crippen molar-refractivity contribution in [3.05, 3.63) is 59.7 Å². The number of aromatic nitrogens is 4. The minimum Gasteiger partial charge on any atom is -0.345 e. The maximum absolute atomic E-state index is 13.1. The molecule has 1 aliphatic heterocycles. The first-order valence-corrected chi connectivity index (χ1v) is 8.63. The van der Waals surface area contributed by atoms with Crippen molar-refractivity contribution in [2.24, 2.45) is 0 Å². The van der Waals surface area contributed by atoms with E-state index in [-0.39, 0.29) is 11.9 Å². The number of hydrogen-bond acceptors (Lipinski definition) is 3. The van der Waals surface area contributed by atoms with Gasteiger partial charge in [-0.3, -0.25) is 14.9 Å². The second-order valence-electron chi connectivity index (χ2n) is 6.36. The Balaban J connectivity index is 1.62. The predicted octanol–water partition coefficient (Wildman–Crippen LogP) is 3.19. The Labute approximate surface area is 146 Å². The van der Waals surface area contributed by atoms with E-state index in [1.54, 1.807) is 12.3 Å². The molecular formula is C19H21N5O. The number of nitrogens with one attached hydrogen (secondary N) is 1. The van der Waals surface area contributed by atoms with Crippen molar-refractivity contribution in [3.63, 3.8) is 0 Å². The zero-order chi connectivity index (χ0) is 17.4. The molecule has 0 saturated carbocycles. The average Bonchev–Trinajstić information content (AvgIpc) is 3.29. The number of rotatable bonds is 3. The van der Waals surface area contributed by atoms with E-state index in [1.807, 2.05) is 23.1 Å². The third kappa shape index (κ3) is 2.63. The monoisotopic (exact) mass is 335 g/mol. The van der Waals surface area contributed by atoms with Gasteiger partial charge in [0, 0.05) is 30.7 Å². The van der Waals surface area contributed by atoms with Crippen LogP contribution in [0.5, 0.6) is 0 Å². The third-order valence-corrected chi connectivity index (χ3v) is 4.90. The van der Waals surface area contributed by atoms with Gasteiger partial charge in [0.25, 0.3) is 5.91 Å². The Morgan fingerprint density at radius 3 is 2.88 bits per heavy atom. The van der Waals surface area contributed by atoms with Gasteiger partial charge in [0.15, 0.2) is 0 Å². The van der Waals surface area contributed by atoms with E-state index in [0.717, 1.165) is 18.7 Å². The predicted molar refractivity (Wildman–Crippen MR) is 95.1 cm³/mol. The van der Waals surface area contributed by atoms with E-state index in [0.29, 0.717) is 17.9 Å². The van der Waals surface area contributed by atoms with E-state index < -0.39 is 0 Å². The summed E-state index contributed by atoms with van der Waals surface area (Å²) < 4.78 is 2.31. The van der Waals surface area contributed by atoms with E-state index in [1.165, 1.54) is 11.4 Å². The number of carbonyl (C=O) groups is 1. The molecule has 0 aromatic carbocycles. The van der Waals surface area contributed by atoms with Crippen LogP contribution in [0.3, 0.4) is 0 Å². The molecule has 0 fully saturated rings. The fourth-order valence-corrected chi connectivity index (χ4v) is 3.61. The highest BCUT2D eigenvalue weighted by Gasteiger charge is 2.31. The maximum Gasteiger partial charge on any atom is 0.272 e. The molecule has 1 aliphatic rings. The smallest absolute Gasteiger partial charge is 0.272 e. The number of hydrogen-bond donors (Lipinski definition) is 1. The first kappa shape index (κ1) is 15.6. The molecule has 4 heterocycles. The molecule has 6 nitrogen and oxygen atoms in total. The Morgan fingerprint density at radius 2 is 2.12 bits per heavy atom. The van der Waals surface area contributed by atoms with Gasteiger partial charge in [0.1, 0.15) is 11.4 Å². The van der Waals surface area contributed by atoms with Gasteiger partial charge in [-0.1, -0.05) is 13.0 Å². The molecule has 128 valence electrons. The summed E-state index contributed by atoms with van der Waals surface area (Å²) in [6.45, 7) is 5.77. The lowest BCUT2D eigenvalue weighted by Crippen LogP contribution is -2.42. The molecule has 4 rings (SSSR count). The van der Waals surface area contributed by atoms with Crippen molar-refractivity contribution >= 4 is 5.91 Å². The van der Waals surface area contributed by atoms with Crippen molar-refractivity contribution in [1.29, 1.82) is 0 Å². The summed E-state index contributed by atoms with van der Waals surface area (Å²) in [6.07, 6.45) is 2.61. The molecule has 3 aromatic rings. The SMILES string of the molecule is CC[C@@H]1c2ccc(C)n2CCN1C(=O)c1cc(-c2ccccn2)n[nH]1. The molecular weight excluding hydrogens is 314 g/mol. The van der Waals surface area contributed by atoms with Gasteiger partial charge in [-0.15, -0.1) is 0 Å². The lowest BCUT2D eigenvalue weighted by atomic mass is 10.1. The number of H-pyrrole nitrogens is 1. The molecule has 0 saturated heterocycles. The third-order valence-electron chi connectivity index (χ3n) is 4.90. The topological polar surface area (TPSA) is 66.8 Å². The van der Waals surface area contributed by atoms with Gasteiger partial charge < -0.3 is 9.47 Å². The summed E-state index contributed by atoms with van der Waals surface area (Å²) in [7, 11) is 0. The number of nitrogens with zero attached hydrogens (tertiary/aromatic N) is 4. The summed E-state index contributed by atoms with van der Waals surface area (Å²) >= 11 is 0. The molecule has 1 N–H and O–H groups in total. The molecule has 6 heteroatoms. The van der Waals surface area contributed by atoms with Crippen LogP contribution in [0.4, 0.5) is 0 Å². The van der Waals surface area contributed by atoms with Gasteiger partial charge in [-0.25, -0.2) is 0 Å². The van der Waals surface area contributed by atoms with Crippen LogP contribution in [-0.2, 0) is 6.54 Å². The standard InChI is InChI=1S/C19H21N5O/c1-3-17-18-8-7-13(2)23(18)10-11-24(17)19(25)16-12-15(21-22-16)14-6-4-5-9-20-14/h4-9,12,17H,3,10-11H2,1-2H3,(H,21,22)/t17-/m1/s1. The zero-order valence-electron chi connectivity index (χ0n) is 14.4. The molecule has 0 spiro atoms. The summed E-state index contributed by atoms with van der Waals surface area (Å²) in [5.74, 6) is -0.00775. The molecule has 1 amide bonds. The lowest BCUT2D eigenvalue weighted by molar-refractivity contribution is 0.0610. The number of fused-ring (bicyclic) bond motifs is 1. The zero-order valence-corrected chi connectivity index (χ0v) is 14.4. The molecule has 3 aromatic heterocycles. The number of pyridine rings is 1. The minimum absolute atomic E-state index is 0.00775. The Hall–Kier alpha value is -2.89. The van der Waals surface area contributed by atoms with E-state index in [2.05, 4.69) is 45.7 Å². The molecule has 0 unspecified atom stereocenters. The van der Waals surface area contributed by atoms with Crippen molar-refractivity contribution in [1.82, 2.24) is 24.6 Å². The van der Waals surface area contributed by atoms with Crippen LogP contribution in [0.2, 0.25) is 0 Å². The fourth-order valence-electron chi connectivity index (χ4n) is 3.61. The van der Waals surface area contributed by atoms with Crippen molar-refractivity contribution < 1.29 is 4.79 Å². The summed E-state index contributed by atoms with van der Waals surface area (Å²) in [5, 5.41) is 7.15. The van der Waals surface area contributed by atoms with Crippen LogP contribution < -0.4 is 0 Å². The lowest BCUT2D eigenvalue weighted by Gasteiger charge is -2.36. The highest BCUT2D eigenvalue weighted by atomic mass is 16.2. The average molecular weight is 335 g/mol. The van der Waals surface area contributed by atoms with Gasteiger partial charge in [0.2, 0.25) is 0 Å². The van der Waals surface area contributed by atoms with Crippen LogP contribution in [0.25, 0.3) is 11.4 Å². The van der Waals surface area contributed by atoms with Crippen LogP contribution >= 0.6 is 0 Å². The molecule has 0 aliphatic carbocycles. The highest BCUT2D eigenvalue weighted by Crippen LogP contribution is 2.31. The number of amides is 1. The van der Waals surface area contributed by atoms with Gasteiger partial charge >= 0.3 is 0 Å².